The topological polar surface area (TPSA) is 69.3 Å². The van der Waals surface area contributed by atoms with Crippen LogP contribution in [0.3, 0.4) is 0 Å². The largest absolute Gasteiger partial charge is 0.486 e. The predicted octanol–water partition coefficient (Wildman–Crippen LogP) is 6.32. The molecule has 31 heavy (non-hydrogen) atoms. The molecule has 0 saturated carbocycles. The summed E-state index contributed by atoms with van der Waals surface area (Å²) in [5.41, 5.74) is 0.886. The molecule has 0 saturated heterocycles. The molecule has 2 aromatic carbocycles. The highest BCUT2D eigenvalue weighted by molar-refractivity contribution is 6.33. The second kappa shape index (κ2) is 9.47. The normalized spacial score (nSPS) is 10.8. The van der Waals surface area contributed by atoms with Crippen LogP contribution in [0.4, 0.5) is 5.82 Å². The number of nitrogens with zero attached hydrogens (tertiary/aromatic N) is 2. The highest BCUT2D eigenvalue weighted by atomic mass is 35.5. The molecule has 0 aliphatic carbocycles. The number of ether oxygens (including phenoxy) is 1. The van der Waals surface area contributed by atoms with E-state index in [0.717, 1.165) is 5.56 Å². The number of halogens is 3. The van der Waals surface area contributed by atoms with Crippen LogP contribution in [0.15, 0.2) is 71.3 Å². The maximum atomic E-state index is 12.5. The van der Waals surface area contributed by atoms with Gasteiger partial charge in [-0.3, -0.25) is 9.48 Å². The number of hydrogen-bond acceptors (Lipinski definition) is 4. The summed E-state index contributed by atoms with van der Waals surface area (Å²) < 4.78 is 12.8. The Morgan fingerprint density at radius 3 is 2.68 bits per heavy atom. The molecule has 0 radical (unpaired) electrons. The van der Waals surface area contributed by atoms with Crippen LogP contribution in [-0.2, 0) is 13.2 Å². The van der Waals surface area contributed by atoms with Gasteiger partial charge in [0.25, 0.3) is 5.91 Å². The van der Waals surface area contributed by atoms with E-state index in [4.69, 9.17) is 44.0 Å². The molecule has 2 heterocycles. The molecular weight excluding hydrogens is 461 g/mol. The van der Waals surface area contributed by atoms with Crippen LogP contribution in [0.2, 0.25) is 15.1 Å². The van der Waals surface area contributed by atoms with Gasteiger partial charge in [-0.05, 0) is 42.0 Å². The van der Waals surface area contributed by atoms with E-state index in [2.05, 4.69) is 10.4 Å². The lowest BCUT2D eigenvalue weighted by molar-refractivity contribution is 0.0992. The Hall–Kier alpha value is -2.93. The number of amides is 1. The molecule has 158 valence electrons. The van der Waals surface area contributed by atoms with Crippen LogP contribution in [0.1, 0.15) is 21.9 Å². The van der Waals surface area contributed by atoms with Gasteiger partial charge in [-0.15, -0.1) is 0 Å². The van der Waals surface area contributed by atoms with Gasteiger partial charge in [0.05, 0.1) is 6.54 Å². The Labute approximate surface area is 193 Å². The third-order valence-electron chi connectivity index (χ3n) is 4.30. The van der Waals surface area contributed by atoms with Gasteiger partial charge in [0, 0.05) is 16.2 Å². The van der Waals surface area contributed by atoms with Gasteiger partial charge in [0.1, 0.15) is 23.1 Å². The molecule has 1 amide bonds. The quantitative estimate of drug-likeness (QED) is 0.339. The van der Waals surface area contributed by atoms with Gasteiger partial charge in [-0.25, -0.2) is 0 Å². The molecular formula is C22H16Cl3N3O3. The number of rotatable bonds is 7. The van der Waals surface area contributed by atoms with Crippen molar-refractivity contribution >= 4 is 46.5 Å². The van der Waals surface area contributed by atoms with E-state index < -0.39 is 5.91 Å². The molecule has 0 unspecified atom stereocenters. The third-order valence-corrected chi connectivity index (χ3v) is 5.18. The predicted molar refractivity (Wildman–Crippen MR) is 120 cm³/mol. The van der Waals surface area contributed by atoms with E-state index in [1.54, 1.807) is 53.3 Å². The fraction of sp³-hybridized carbons (Fsp3) is 0.0909. The van der Waals surface area contributed by atoms with Crippen molar-refractivity contribution in [2.24, 2.45) is 0 Å². The van der Waals surface area contributed by atoms with Crippen LogP contribution in [-0.4, -0.2) is 15.7 Å². The summed E-state index contributed by atoms with van der Waals surface area (Å²) in [5.74, 6) is 0.957. The summed E-state index contributed by atoms with van der Waals surface area (Å²) in [6, 6.07) is 17.7. The smallest absolute Gasteiger partial charge is 0.292 e. The summed E-state index contributed by atoms with van der Waals surface area (Å²) in [5, 5.41) is 8.47. The van der Waals surface area contributed by atoms with E-state index in [-0.39, 0.29) is 18.2 Å². The lowest BCUT2D eigenvalue weighted by Crippen LogP contribution is -2.12. The minimum absolute atomic E-state index is 0.112. The van der Waals surface area contributed by atoms with Crippen molar-refractivity contribution in [3.8, 4) is 5.75 Å². The molecule has 0 spiro atoms. The maximum absolute atomic E-state index is 12.5. The van der Waals surface area contributed by atoms with Crippen molar-refractivity contribution < 1.29 is 13.9 Å². The lowest BCUT2D eigenvalue weighted by atomic mass is 10.2. The Bertz CT molecular complexity index is 1220. The maximum Gasteiger partial charge on any atom is 0.292 e. The average Bonchev–Trinajstić information content (AvgIpc) is 3.35. The first-order valence-electron chi connectivity index (χ1n) is 9.23. The van der Waals surface area contributed by atoms with E-state index >= 15 is 0 Å². The number of carbonyl (C=O) groups is 1. The zero-order chi connectivity index (χ0) is 21.8. The monoisotopic (exact) mass is 475 g/mol. The highest BCUT2D eigenvalue weighted by Gasteiger charge is 2.16. The third kappa shape index (κ3) is 5.41. The van der Waals surface area contributed by atoms with E-state index in [9.17, 15) is 4.79 Å². The lowest BCUT2D eigenvalue weighted by Gasteiger charge is -2.04. The molecule has 0 bridgehead atoms. The fourth-order valence-electron chi connectivity index (χ4n) is 2.82. The number of aromatic nitrogens is 2. The van der Waals surface area contributed by atoms with Gasteiger partial charge in [0.15, 0.2) is 11.6 Å². The zero-order valence-corrected chi connectivity index (χ0v) is 18.3. The number of furan rings is 1. The van der Waals surface area contributed by atoms with Crippen molar-refractivity contribution in [3.05, 3.63) is 99.0 Å². The van der Waals surface area contributed by atoms with Gasteiger partial charge in [-0.1, -0.05) is 59.1 Å². The first kappa shape index (κ1) is 21.3. The SMILES string of the molecule is O=C(Nc1nn(Cc2ccccc2Cl)cc1Cl)c1ccc(COc2cccc(Cl)c2)o1. The fourth-order valence-corrected chi connectivity index (χ4v) is 3.40. The van der Waals surface area contributed by atoms with Gasteiger partial charge < -0.3 is 14.5 Å². The molecule has 6 nitrogen and oxygen atoms in total. The van der Waals surface area contributed by atoms with Crippen LogP contribution >= 0.6 is 34.8 Å². The van der Waals surface area contributed by atoms with Crippen molar-refractivity contribution in [1.29, 1.82) is 0 Å². The summed E-state index contributed by atoms with van der Waals surface area (Å²) >= 11 is 18.3. The Morgan fingerprint density at radius 1 is 1.03 bits per heavy atom. The molecule has 0 aliphatic heterocycles. The highest BCUT2D eigenvalue weighted by Crippen LogP contribution is 2.23. The van der Waals surface area contributed by atoms with E-state index in [1.165, 1.54) is 0 Å². The van der Waals surface area contributed by atoms with Crippen molar-refractivity contribution in [1.82, 2.24) is 9.78 Å². The first-order valence-corrected chi connectivity index (χ1v) is 10.4. The second-order valence-electron chi connectivity index (χ2n) is 6.58. The van der Waals surface area contributed by atoms with Crippen molar-refractivity contribution in [2.75, 3.05) is 5.32 Å². The number of anilines is 1. The van der Waals surface area contributed by atoms with Crippen LogP contribution in [0, 0.1) is 0 Å². The molecule has 0 fully saturated rings. The molecule has 0 atom stereocenters. The Kier molecular flexibility index (Phi) is 6.51. The summed E-state index contributed by atoms with van der Waals surface area (Å²) in [6.07, 6.45) is 1.62. The zero-order valence-electron chi connectivity index (χ0n) is 16.0. The molecule has 4 rings (SSSR count). The standard InChI is InChI=1S/C22H16Cl3N3O3/c23-15-5-3-6-16(10-15)30-13-17-8-9-20(31-17)22(29)26-21-19(25)12-28(27-21)11-14-4-1-2-7-18(14)24/h1-10,12H,11,13H2,(H,26,27,29). The van der Waals surface area contributed by atoms with Gasteiger partial charge >= 0.3 is 0 Å². The van der Waals surface area contributed by atoms with Crippen molar-refractivity contribution in [2.45, 2.75) is 13.2 Å². The molecule has 2 aromatic heterocycles. The molecule has 0 aliphatic rings. The van der Waals surface area contributed by atoms with Gasteiger partial charge in [0.2, 0.25) is 0 Å². The first-order chi connectivity index (χ1) is 15.0. The van der Waals surface area contributed by atoms with E-state index in [1.807, 2.05) is 18.2 Å². The Morgan fingerprint density at radius 2 is 1.87 bits per heavy atom. The summed E-state index contributed by atoms with van der Waals surface area (Å²) in [4.78, 5) is 12.5. The average molecular weight is 477 g/mol. The van der Waals surface area contributed by atoms with Crippen molar-refractivity contribution in [3.63, 3.8) is 0 Å². The number of hydrogen-bond donors (Lipinski definition) is 1. The van der Waals surface area contributed by atoms with Crippen LogP contribution < -0.4 is 10.1 Å². The summed E-state index contributed by atoms with van der Waals surface area (Å²) in [7, 11) is 0. The minimum atomic E-state index is -0.473. The van der Waals surface area contributed by atoms with Crippen LogP contribution in [0.25, 0.3) is 0 Å². The number of nitrogens with one attached hydrogen (secondary N) is 1. The molecule has 4 aromatic rings. The second-order valence-corrected chi connectivity index (χ2v) is 7.83. The summed E-state index contributed by atoms with van der Waals surface area (Å²) in [6.45, 7) is 0.571. The Balaban J connectivity index is 1.38. The molecule has 9 heteroatoms. The number of carbonyl (C=O) groups excluding carboxylic acids is 1. The molecule has 1 N–H and O–H groups in total. The minimum Gasteiger partial charge on any atom is -0.486 e. The van der Waals surface area contributed by atoms with Crippen LogP contribution in [0.5, 0.6) is 5.75 Å². The van der Waals surface area contributed by atoms with E-state index in [0.29, 0.717) is 33.1 Å². The van der Waals surface area contributed by atoms with Gasteiger partial charge in [-0.2, -0.15) is 5.10 Å². The number of benzene rings is 2.